The molecule has 0 aliphatic carbocycles. The molecule has 19 nitrogen and oxygen atoms in total. The van der Waals surface area contributed by atoms with Crippen LogP contribution in [0.4, 0.5) is 0 Å². The van der Waals surface area contributed by atoms with Crippen LogP contribution >= 0.6 is 0 Å². The van der Waals surface area contributed by atoms with Gasteiger partial charge in [0.15, 0.2) is 0 Å². The van der Waals surface area contributed by atoms with Gasteiger partial charge < -0.3 is 53.2 Å². The van der Waals surface area contributed by atoms with Gasteiger partial charge in [-0.05, 0) is 31.1 Å². The van der Waals surface area contributed by atoms with E-state index in [1.54, 1.807) is 27.7 Å². The Hall–Kier alpha value is -4.81. The molecular weight excluding hydrogens is 636 g/mol. The standard InChI is InChI=1S/C29H48N8O11/c1-5-15(4)24(29(48)37-10-6-7-18(37)27(46)33-13-22(42)43)36-28(47)23(14(2)3)35-26(45)17(8-9-19(31)38)34-20(39)12-32-25(44)16(30)11-21(40)41/h14-18,23-24H,5-13,30H2,1-4H3,(H2,31,38)(H,32,44)(H,33,46)(H,34,39)(H,35,45)(H,36,47)(H,40,41)(H,42,43)/t15-,16-,17-,18-,23-,24-/m0/s1. The van der Waals surface area contributed by atoms with Crippen LogP contribution in [0, 0.1) is 11.8 Å². The summed E-state index contributed by atoms with van der Waals surface area (Å²) in [7, 11) is 0. The summed E-state index contributed by atoms with van der Waals surface area (Å²) in [6, 6.07) is -6.06. The Kier molecular flexibility index (Phi) is 17.0. The van der Waals surface area contributed by atoms with Crippen molar-refractivity contribution in [2.45, 2.75) is 96.4 Å². The first-order chi connectivity index (χ1) is 22.4. The maximum Gasteiger partial charge on any atom is 0.322 e. The number of carboxylic acid groups (broad SMARTS) is 2. The van der Waals surface area contributed by atoms with E-state index in [4.69, 9.17) is 21.7 Å². The van der Waals surface area contributed by atoms with Crippen LogP contribution in [-0.4, -0.2) is 118 Å². The van der Waals surface area contributed by atoms with E-state index in [-0.39, 0.29) is 19.4 Å². The first-order valence-electron chi connectivity index (χ1n) is 15.6. The van der Waals surface area contributed by atoms with Gasteiger partial charge in [0.25, 0.3) is 0 Å². The number of nitrogens with one attached hydrogen (secondary N) is 5. The summed E-state index contributed by atoms with van der Waals surface area (Å²) in [5.74, 6) is -8.87. The molecule has 7 amide bonds. The molecule has 48 heavy (non-hydrogen) atoms. The first-order valence-corrected chi connectivity index (χ1v) is 15.6. The van der Waals surface area contributed by atoms with E-state index in [2.05, 4.69) is 26.6 Å². The molecule has 0 radical (unpaired) electrons. The van der Waals surface area contributed by atoms with Crippen LogP contribution < -0.4 is 38.1 Å². The van der Waals surface area contributed by atoms with Crippen molar-refractivity contribution >= 4 is 53.3 Å². The Balaban J connectivity index is 3.09. The Morgan fingerprint density at radius 2 is 1.46 bits per heavy atom. The van der Waals surface area contributed by atoms with Gasteiger partial charge in [0.1, 0.15) is 30.7 Å². The molecule has 0 aromatic carbocycles. The van der Waals surface area contributed by atoms with Crippen molar-refractivity contribution in [1.82, 2.24) is 31.5 Å². The Morgan fingerprint density at radius 3 is 2.00 bits per heavy atom. The molecule has 1 heterocycles. The monoisotopic (exact) mass is 684 g/mol. The zero-order valence-electron chi connectivity index (χ0n) is 27.6. The van der Waals surface area contributed by atoms with E-state index in [9.17, 15) is 43.2 Å². The van der Waals surface area contributed by atoms with Gasteiger partial charge in [-0.15, -0.1) is 0 Å². The fraction of sp³-hybridized carbons (Fsp3) is 0.690. The molecule has 0 aromatic heterocycles. The van der Waals surface area contributed by atoms with Crippen LogP contribution in [0.3, 0.4) is 0 Å². The van der Waals surface area contributed by atoms with Gasteiger partial charge in [-0.3, -0.25) is 43.2 Å². The molecule has 11 N–H and O–H groups in total. The number of amides is 7. The highest BCUT2D eigenvalue weighted by Crippen LogP contribution is 2.22. The van der Waals surface area contributed by atoms with Crippen molar-refractivity contribution in [2.24, 2.45) is 23.3 Å². The predicted octanol–water partition coefficient (Wildman–Crippen LogP) is -3.48. The maximum absolute atomic E-state index is 13.7. The van der Waals surface area contributed by atoms with E-state index < -0.39 is 115 Å². The number of carbonyl (C=O) groups is 9. The fourth-order valence-corrected chi connectivity index (χ4v) is 4.86. The van der Waals surface area contributed by atoms with E-state index in [1.165, 1.54) is 4.90 Å². The number of carboxylic acids is 2. The molecule has 0 spiro atoms. The van der Waals surface area contributed by atoms with Crippen molar-refractivity contribution in [3.8, 4) is 0 Å². The smallest absolute Gasteiger partial charge is 0.322 e. The largest absolute Gasteiger partial charge is 0.481 e. The Labute approximate surface area is 277 Å². The number of likely N-dealkylation sites (tertiary alicyclic amines) is 1. The van der Waals surface area contributed by atoms with Gasteiger partial charge in [0.2, 0.25) is 41.4 Å². The molecule has 0 saturated carbocycles. The van der Waals surface area contributed by atoms with Crippen LogP contribution in [0.25, 0.3) is 0 Å². The topological polar surface area (TPSA) is 310 Å². The molecular formula is C29H48N8O11. The molecule has 1 saturated heterocycles. The number of hydrogen-bond acceptors (Lipinski definition) is 10. The average molecular weight is 685 g/mol. The van der Waals surface area contributed by atoms with Crippen LogP contribution in [0.2, 0.25) is 0 Å². The lowest BCUT2D eigenvalue weighted by molar-refractivity contribution is -0.144. The molecule has 0 unspecified atom stereocenters. The lowest BCUT2D eigenvalue weighted by atomic mass is 9.95. The summed E-state index contributed by atoms with van der Waals surface area (Å²) in [5, 5.41) is 29.7. The zero-order valence-corrected chi connectivity index (χ0v) is 27.6. The van der Waals surface area contributed by atoms with Crippen molar-refractivity contribution in [2.75, 3.05) is 19.6 Å². The van der Waals surface area contributed by atoms with Crippen molar-refractivity contribution in [3.63, 3.8) is 0 Å². The fourth-order valence-electron chi connectivity index (χ4n) is 4.86. The number of carbonyl (C=O) groups excluding carboxylic acids is 7. The van der Waals surface area contributed by atoms with Crippen LogP contribution in [0.5, 0.6) is 0 Å². The molecule has 1 aliphatic rings. The summed E-state index contributed by atoms with van der Waals surface area (Å²) < 4.78 is 0. The molecule has 0 aromatic rings. The van der Waals surface area contributed by atoms with Gasteiger partial charge in [0, 0.05) is 13.0 Å². The predicted molar refractivity (Wildman–Crippen MR) is 167 cm³/mol. The number of aliphatic carboxylic acids is 2. The maximum atomic E-state index is 13.7. The van der Waals surface area contributed by atoms with Crippen molar-refractivity contribution in [1.29, 1.82) is 0 Å². The minimum absolute atomic E-state index is 0.213. The second-order valence-corrected chi connectivity index (χ2v) is 12.0. The van der Waals surface area contributed by atoms with E-state index in [0.29, 0.717) is 19.3 Å². The summed E-state index contributed by atoms with van der Waals surface area (Å²) >= 11 is 0. The normalized spacial score (nSPS) is 17.2. The molecule has 1 rings (SSSR count). The van der Waals surface area contributed by atoms with Crippen molar-refractivity contribution < 1.29 is 53.4 Å². The lowest BCUT2D eigenvalue weighted by Crippen LogP contribution is -2.61. The number of rotatable bonds is 20. The molecule has 6 atom stereocenters. The highest BCUT2D eigenvalue weighted by atomic mass is 16.4. The van der Waals surface area contributed by atoms with E-state index in [1.807, 2.05) is 0 Å². The van der Waals surface area contributed by atoms with Gasteiger partial charge in [-0.1, -0.05) is 34.1 Å². The Bertz CT molecular complexity index is 1230. The molecule has 1 fully saturated rings. The summed E-state index contributed by atoms with van der Waals surface area (Å²) in [6.45, 7) is 5.70. The molecule has 270 valence electrons. The third kappa shape index (κ3) is 13.5. The first kappa shape index (κ1) is 41.2. The highest BCUT2D eigenvalue weighted by molar-refractivity contribution is 5.97. The minimum Gasteiger partial charge on any atom is -0.481 e. The second kappa shape index (κ2) is 19.8. The molecule has 1 aliphatic heterocycles. The van der Waals surface area contributed by atoms with Crippen LogP contribution in [-0.2, 0) is 43.2 Å². The summed E-state index contributed by atoms with van der Waals surface area (Å²) in [4.78, 5) is 112. The lowest BCUT2D eigenvalue weighted by Gasteiger charge is -2.33. The van der Waals surface area contributed by atoms with Crippen molar-refractivity contribution in [3.05, 3.63) is 0 Å². The number of nitrogens with zero attached hydrogens (tertiary/aromatic N) is 1. The third-order valence-corrected chi connectivity index (χ3v) is 7.76. The number of primary amides is 1. The SMILES string of the molecule is CC[C@H](C)[C@H](NC(=O)[C@@H](NC(=O)[C@H](CCC(N)=O)NC(=O)CNC(=O)[C@@H](N)CC(=O)O)C(C)C)C(=O)N1CCC[C@H]1C(=O)NCC(=O)O. The quantitative estimate of drug-likeness (QED) is 0.0604. The molecule has 19 heteroatoms. The van der Waals surface area contributed by atoms with Gasteiger partial charge in [-0.2, -0.15) is 0 Å². The van der Waals surface area contributed by atoms with Gasteiger partial charge in [-0.25, -0.2) is 0 Å². The summed E-state index contributed by atoms with van der Waals surface area (Å²) in [5.41, 5.74) is 10.7. The third-order valence-electron chi connectivity index (χ3n) is 7.76. The van der Waals surface area contributed by atoms with E-state index in [0.717, 1.165) is 0 Å². The van der Waals surface area contributed by atoms with Crippen LogP contribution in [0.1, 0.15) is 66.2 Å². The molecule has 0 bridgehead atoms. The summed E-state index contributed by atoms with van der Waals surface area (Å²) in [6.07, 6.45) is -0.0211. The van der Waals surface area contributed by atoms with E-state index >= 15 is 0 Å². The van der Waals surface area contributed by atoms with Gasteiger partial charge in [0.05, 0.1) is 19.0 Å². The second-order valence-electron chi connectivity index (χ2n) is 12.0. The Morgan fingerprint density at radius 1 is 0.833 bits per heavy atom. The van der Waals surface area contributed by atoms with Gasteiger partial charge >= 0.3 is 11.9 Å². The zero-order chi connectivity index (χ0) is 36.7. The number of nitrogens with two attached hydrogens (primary N) is 2. The van der Waals surface area contributed by atoms with Crippen LogP contribution in [0.15, 0.2) is 0 Å². The minimum atomic E-state index is -1.42. The average Bonchev–Trinajstić information content (AvgIpc) is 3.50. The number of hydrogen-bond donors (Lipinski definition) is 9. The highest BCUT2D eigenvalue weighted by Gasteiger charge is 2.40.